The molecule has 0 aromatic carbocycles. The van der Waals surface area contributed by atoms with Crippen molar-refractivity contribution in [2.75, 3.05) is 26.2 Å². The maximum atomic E-state index is 12.5. The number of rotatable bonds is 3. The van der Waals surface area contributed by atoms with Crippen molar-refractivity contribution in [1.82, 2.24) is 9.21 Å². The Morgan fingerprint density at radius 2 is 1.90 bits per heavy atom. The molecule has 0 bridgehead atoms. The highest BCUT2D eigenvalue weighted by molar-refractivity contribution is 7.89. The summed E-state index contributed by atoms with van der Waals surface area (Å²) >= 11 is 0. The van der Waals surface area contributed by atoms with E-state index in [2.05, 4.69) is 0 Å². The second kappa shape index (κ2) is 6.19. The van der Waals surface area contributed by atoms with E-state index < -0.39 is 10.0 Å². The van der Waals surface area contributed by atoms with Crippen molar-refractivity contribution in [3.8, 4) is 0 Å². The first-order valence-electron chi connectivity index (χ1n) is 7.17. The van der Waals surface area contributed by atoms with E-state index in [0.717, 1.165) is 0 Å². The van der Waals surface area contributed by atoms with Gasteiger partial charge < -0.3 is 9.32 Å². The van der Waals surface area contributed by atoms with E-state index in [9.17, 15) is 13.2 Å². The van der Waals surface area contributed by atoms with E-state index >= 15 is 0 Å². The zero-order chi connectivity index (χ0) is 15.6. The van der Waals surface area contributed by atoms with Crippen LogP contribution in [0.2, 0.25) is 0 Å². The van der Waals surface area contributed by atoms with Crippen LogP contribution in [0.15, 0.2) is 21.6 Å². The number of hydrogen-bond donors (Lipinski definition) is 0. The molecule has 2 heterocycles. The first-order valence-corrected chi connectivity index (χ1v) is 8.62. The number of carbonyl (C=O) groups excluding carboxylic acids is 1. The molecule has 1 amide bonds. The minimum Gasteiger partial charge on any atom is -0.449 e. The van der Waals surface area contributed by atoms with E-state index in [1.54, 1.807) is 17.9 Å². The van der Waals surface area contributed by atoms with Crippen molar-refractivity contribution >= 4 is 15.9 Å². The summed E-state index contributed by atoms with van der Waals surface area (Å²) in [7, 11) is -3.61. The fourth-order valence-electron chi connectivity index (χ4n) is 2.40. The molecule has 0 unspecified atom stereocenters. The van der Waals surface area contributed by atoms with Gasteiger partial charge in [0.25, 0.3) is 10.0 Å². The highest BCUT2D eigenvalue weighted by Crippen LogP contribution is 2.20. The molecule has 1 aromatic rings. The van der Waals surface area contributed by atoms with E-state index in [0.29, 0.717) is 38.4 Å². The van der Waals surface area contributed by atoms with Crippen LogP contribution < -0.4 is 0 Å². The molecule has 1 fully saturated rings. The summed E-state index contributed by atoms with van der Waals surface area (Å²) in [5.74, 6) is 0.573. The van der Waals surface area contributed by atoms with Crippen molar-refractivity contribution in [3.05, 3.63) is 17.9 Å². The lowest BCUT2D eigenvalue weighted by Gasteiger charge is -2.22. The molecule has 1 aromatic heterocycles. The lowest BCUT2D eigenvalue weighted by Crippen LogP contribution is -2.38. The molecular formula is C14H22N2O4S. The lowest BCUT2D eigenvalue weighted by molar-refractivity contribution is -0.134. The largest absolute Gasteiger partial charge is 0.449 e. The van der Waals surface area contributed by atoms with Gasteiger partial charge in [-0.2, -0.15) is 4.31 Å². The summed E-state index contributed by atoms with van der Waals surface area (Å²) in [5, 5.41) is -0.0244. The maximum absolute atomic E-state index is 12.5. The van der Waals surface area contributed by atoms with Gasteiger partial charge in [0.1, 0.15) is 5.76 Å². The number of amides is 1. The summed E-state index contributed by atoms with van der Waals surface area (Å²) < 4.78 is 31.6. The van der Waals surface area contributed by atoms with Gasteiger partial charge in [0, 0.05) is 32.1 Å². The molecule has 0 atom stereocenters. The van der Waals surface area contributed by atoms with E-state index in [-0.39, 0.29) is 16.9 Å². The summed E-state index contributed by atoms with van der Waals surface area (Å²) in [5.41, 5.74) is 0. The van der Waals surface area contributed by atoms with Crippen LogP contribution in [0.5, 0.6) is 0 Å². The molecule has 0 saturated carbocycles. The fourth-order valence-corrected chi connectivity index (χ4v) is 3.82. The normalized spacial score (nSPS) is 18.0. The fraction of sp³-hybridized carbons (Fsp3) is 0.643. The highest BCUT2D eigenvalue weighted by Gasteiger charge is 2.30. The van der Waals surface area contributed by atoms with Crippen LogP contribution in [0.4, 0.5) is 0 Å². The van der Waals surface area contributed by atoms with Crippen LogP contribution in [0.1, 0.15) is 26.0 Å². The predicted molar refractivity (Wildman–Crippen MR) is 78.2 cm³/mol. The first-order chi connectivity index (χ1) is 9.82. The van der Waals surface area contributed by atoms with Crippen LogP contribution in [0.3, 0.4) is 0 Å². The highest BCUT2D eigenvalue weighted by atomic mass is 32.2. The molecule has 0 aliphatic carbocycles. The average molecular weight is 314 g/mol. The molecular weight excluding hydrogens is 292 g/mol. The van der Waals surface area contributed by atoms with Crippen LogP contribution in [-0.2, 0) is 14.8 Å². The molecule has 118 valence electrons. The average Bonchev–Trinajstić information content (AvgIpc) is 2.72. The third-order valence-corrected chi connectivity index (χ3v) is 5.34. The molecule has 0 N–H and O–H groups in total. The number of carbonyl (C=O) groups is 1. The van der Waals surface area contributed by atoms with Gasteiger partial charge in [-0.3, -0.25) is 4.79 Å². The van der Waals surface area contributed by atoms with Crippen molar-refractivity contribution in [3.63, 3.8) is 0 Å². The summed E-state index contributed by atoms with van der Waals surface area (Å²) in [4.78, 5) is 13.8. The predicted octanol–water partition coefficient (Wildman–Crippen LogP) is 1.47. The molecule has 1 aliphatic rings. The third-order valence-electron chi connectivity index (χ3n) is 3.57. The minimum atomic E-state index is -3.61. The number of aryl methyl sites for hydroxylation is 1. The van der Waals surface area contributed by atoms with Gasteiger partial charge in [0.05, 0.1) is 0 Å². The molecule has 1 aliphatic heterocycles. The van der Waals surface area contributed by atoms with Gasteiger partial charge in [-0.1, -0.05) is 13.8 Å². The van der Waals surface area contributed by atoms with Gasteiger partial charge in [-0.15, -0.1) is 0 Å². The molecule has 0 spiro atoms. The first kappa shape index (κ1) is 16.0. The zero-order valence-electron chi connectivity index (χ0n) is 12.7. The van der Waals surface area contributed by atoms with E-state index in [4.69, 9.17) is 4.42 Å². The second-order valence-corrected chi connectivity index (χ2v) is 7.47. The van der Waals surface area contributed by atoms with Crippen LogP contribution >= 0.6 is 0 Å². The van der Waals surface area contributed by atoms with Gasteiger partial charge in [-0.05, 0) is 25.5 Å². The van der Waals surface area contributed by atoms with Crippen molar-refractivity contribution < 1.29 is 17.6 Å². The minimum absolute atomic E-state index is 0.0244. The molecule has 21 heavy (non-hydrogen) atoms. The monoisotopic (exact) mass is 314 g/mol. The maximum Gasteiger partial charge on any atom is 0.276 e. The Labute approximate surface area is 125 Å². The molecule has 0 radical (unpaired) electrons. The standard InChI is InChI=1S/C14H22N2O4S/c1-11(2)14(17)15-7-4-8-16(10-9-15)21(18,19)13-6-5-12(3)20-13/h5-6,11H,4,7-10H2,1-3H3. The van der Waals surface area contributed by atoms with Crippen LogP contribution in [0, 0.1) is 12.8 Å². The van der Waals surface area contributed by atoms with E-state index in [1.165, 1.54) is 10.4 Å². The zero-order valence-corrected chi connectivity index (χ0v) is 13.5. The number of furan rings is 1. The second-order valence-electron chi connectivity index (χ2n) is 5.60. The van der Waals surface area contributed by atoms with Gasteiger partial charge >= 0.3 is 0 Å². The molecule has 2 rings (SSSR count). The van der Waals surface area contributed by atoms with Crippen molar-refractivity contribution in [2.45, 2.75) is 32.3 Å². The Morgan fingerprint density at radius 1 is 1.19 bits per heavy atom. The quantitative estimate of drug-likeness (QED) is 0.847. The van der Waals surface area contributed by atoms with Crippen LogP contribution in [0.25, 0.3) is 0 Å². The Bertz CT molecular complexity index is 606. The number of sulfonamides is 1. The Hall–Kier alpha value is -1.34. The Balaban J connectivity index is 2.11. The van der Waals surface area contributed by atoms with Crippen molar-refractivity contribution in [1.29, 1.82) is 0 Å². The number of nitrogens with zero attached hydrogens (tertiary/aromatic N) is 2. The Kier molecular flexibility index (Phi) is 4.73. The Morgan fingerprint density at radius 3 is 2.48 bits per heavy atom. The lowest BCUT2D eigenvalue weighted by atomic mass is 10.2. The van der Waals surface area contributed by atoms with E-state index in [1.807, 2.05) is 13.8 Å². The smallest absolute Gasteiger partial charge is 0.276 e. The molecule has 7 heteroatoms. The van der Waals surface area contributed by atoms with Gasteiger partial charge in [-0.25, -0.2) is 8.42 Å². The van der Waals surface area contributed by atoms with Crippen LogP contribution in [-0.4, -0.2) is 49.7 Å². The van der Waals surface area contributed by atoms with Gasteiger partial charge in [0.2, 0.25) is 11.0 Å². The third kappa shape index (κ3) is 3.47. The SMILES string of the molecule is Cc1ccc(S(=O)(=O)N2CCCN(C(=O)C(C)C)CC2)o1. The summed E-state index contributed by atoms with van der Waals surface area (Å²) in [6.45, 7) is 7.16. The summed E-state index contributed by atoms with van der Waals surface area (Å²) in [6, 6.07) is 3.12. The number of hydrogen-bond acceptors (Lipinski definition) is 4. The van der Waals surface area contributed by atoms with Gasteiger partial charge in [0.15, 0.2) is 0 Å². The summed E-state index contributed by atoms with van der Waals surface area (Å²) in [6.07, 6.45) is 0.636. The molecule has 1 saturated heterocycles. The van der Waals surface area contributed by atoms with Crippen molar-refractivity contribution in [2.24, 2.45) is 5.92 Å². The molecule has 6 nitrogen and oxygen atoms in total. The topological polar surface area (TPSA) is 70.8 Å².